The summed E-state index contributed by atoms with van der Waals surface area (Å²) in [5.41, 5.74) is 0.263. The van der Waals surface area contributed by atoms with Gasteiger partial charge in [0.05, 0.1) is 11.0 Å². The molecule has 2 unspecified atom stereocenters. The smallest absolute Gasteiger partial charge is 0.273 e. The molecule has 1 aliphatic heterocycles. The van der Waals surface area contributed by atoms with Gasteiger partial charge in [-0.05, 0) is 37.6 Å². The molecule has 0 aliphatic carbocycles. The lowest BCUT2D eigenvalue weighted by atomic mass is 10.1. The third kappa shape index (κ3) is 3.91. The molecule has 0 fully saturated rings. The molecule has 0 saturated carbocycles. The second-order valence-electron chi connectivity index (χ2n) is 7.54. The van der Waals surface area contributed by atoms with E-state index in [1.54, 1.807) is 42.5 Å². The second kappa shape index (κ2) is 8.58. The summed E-state index contributed by atoms with van der Waals surface area (Å²) in [7, 11) is 0. The predicted octanol–water partition coefficient (Wildman–Crippen LogP) is 4.28. The van der Waals surface area contributed by atoms with Crippen LogP contribution < -0.4 is 14.4 Å². The third-order valence-electron chi connectivity index (χ3n) is 5.30. The molecule has 2 atom stereocenters. The minimum absolute atomic E-state index is 0.263. The van der Waals surface area contributed by atoms with Crippen LogP contribution in [0.2, 0.25) is 0 Å². The fourth-order valence-corrected chi connectivity index (χ4v) is 4.71. The quantitative estimate of drug-likeness (QED) is 0.437. The summed E-state index contributed by atoms with van der Waals surface area (Å²) in [6.45, 7) is 2.89. The van der Waals surface area contributed by atoms with Gasteiger partial charge in [0.25, 0.3) is 5.91 Å². The second-order valence-corrected chi connectivity index (χ2v) is 8.54. The number of fused-ring (bicyclic) bond motifs is 2. The number of carbonyl (C=O) groups excluding carboxylic acids is 1. The van der Waals surface area contributed by atoms with E-state index in [2.05, 4.69) is 9.97 Å². The zero-order chi connectivity index (χ0) is 22.1. The lowest BCUT2D eigenvalue weighted by Gasteiger charge is -2.33. The number of hydrogen-bond acceptors (Lipinski definition) is 6. The number of nitrogens with zero attached hydrogens (tertiary/aromatic N) is 4. The van der Waals surface area contributed by atoms with Crippen molar-refractivity contribution >= 4 is 32.6 Å². The van der Waals surface area contributed by atoms with Crippen molar-refractivity contribution in [3.63, 3.8) is 0 Å². The maximum atomic E-state index is 14.3. The number of halogens is 1. The van der Waals surface area contributed by atoms with Gasteiger partial charge in [-0.2, -0.15) is 0 Å². The van der Waals surface area contributed by atoms with Crippen molar-refractivity contribution in [2.24, 2.45) is 0 Å². The first-order chi connectivity index (χ1) is 15.6. The summed E-state index contributed by atoms with van der Waals surface area (Å²) in [6.07, 6.45) is 4.66. The van der Waals surface area contributed by atoms with E-state index in [1.165, 1.54) is 17.4 Å². The summed E-state index contributed by atoms with van der Waals surface area (Å²) in [4.78, 5) is 23.7. The van der Waals surface area contributed by atoms with E-state index >= 15 is 0 Å². The van der Waals surface area contributed by atoms with Crippen molar-refractivity contribution in [1.29, 1.82) is 0 Å². The number of imidazole rings is 1. The highest BCUT2D eigenvalue weighted by atomic mass is 32.1. The Morgan fingerprint density at radius 3 is 2.75 bits per heavy atom. The zero-order valence-electron chi connectivity index (χ0n) is 17.3. The highest BCUT2D eigenvalue weighted by Crippen LogP contribution is 2.36. The molecule has 0 bridgehead atoms. The number of para-hydroxylation sites is 3. The van der Waals surface area contributed by atoms with Gasteiger partial charge < -0.3 is 14.0 Å². The fourth-order valence-electron chi connectivity index (χ4n) is 3.69. The molecule has 1 amide bonds. The number of benzene rings is 2. The van der Waals surface area contributed by atoms with Crippen LogP contribution in [0, 0.1) is 5.82 Å². The van der Waals surface area contributed by atoms with Crippen LogP contribution in [-0.4, -0.2) is 39.2 Å². The molecule has 0 N–H and O–H groups in total. The van der Waals surface area contributed by atoms with E-state index in [9.17, 15) is 9.18 Å². The molecule has 2 aromatic carbocycles. The van der Waals surface area contributed by atoms with Gasteiger partial charge in [0.1, 0.15) is 17.4 Å². The van der Waals surface area contributed by atoms with Crippen LogP contribution in [0.5, 0.6) is 11.5 Å². The lowest BCUT2D eigenvalue weighted by molar-refractivity contribution is -0.130. The normalized spacial score (nSPS) is 17.4. The number of aromatic nitrogens is 3. The van der Waals surface area contributed by atoms with Crippen molar-refractivity contribution in [3.05, 3.63) is 67.0 Å². The minimum atomic E-state index is -0.838. The highest BCUT2D eigenvalue weighted by Gasteiger charge is 2.38. The van der Waals surface area contributed by atoms with Gasteiger partial charge in [0, 0.05) is 25.5 Å². The van der Waals surface area contributed by atoms with E-state index in [0.29, 0.717) is 40.8 Å². The molecule has 164 valence electrons. The molecular weight excluding hydrogens is 431 g/mol. The molecule has 3 heterocycles. The molecule has 1 aliphatic rings. The molecule has 0 radical (unpaired) electrons. The van der Waals surface area contributed by atoms with E-state index < -0.39 is 18.0 Å². The molecule has 5 rings (SSSR count). The third-order valence-corrected chi connectivity index (χ3v) is 6.34. The highest BCUT2D eigenvalue weighted by molar-refractivity contribution is 7.22. The number of rotatable bonds is 6. The summed E-state index contributed by atoms with van der Waals surface area (Å²) >= 11 is 1.29. The molecule has 0 spiro atoms. The van der Waals surface area contributed by atoms with Crippen LogP contribution in [0.25, 0.3) is 10.2 Å². The molecular formula is C23H21FN4O3S. The van der Waals surface area contributed by atoms with E-state index in [-0.39, 0.29) is 11.4 Å². The van der Waals surface area contributed by atoms with Gasteiger partial charge in [0.2, 0.25) is 6.10 Å². The average Bonchev–Trinajstić information content (AvgIpc) is 3.46. The maximum absolute atomic E-state index is 14.3. The number of aryl methyl sites for hydroxylation is 1. The number of hydrogen-bond donors (Lipinski definition) is 0. The SMILES string of the molecule is CC1Oc2ccccc2OC1C(=O)N(CCCn1ccnc1)c1nc2c(F)cccc2s1. The molecule has 2 aromatic heterocycles. The van der Waals surface area contributed by atoms with Crippen molar-refractivity contribution in [2.45, 2.75) is 32.1 Å². The number of thiazole rings is 1. The van der Waals surface area contributed by atoms with E-state index in [1.807, 2.05) is 29.0 Å². The van der Waals surface area contributed by atoms with Crippen LogP contribution in [0.4, 0.5) is 9.52 Å². The Balaban J connectivity index is 1.44. The van der Waals surface area contributed by atoms with Gasteiger partial charge in [-0.25, -0.2) is 14.4 Å². The Bertz CT molecular complexity index is 1240. The minimum Gasteiger partial charge on any atom is -0.482 e. The van der Waals surface area contributed by atoms with Crippen molar-refractivity contribution < 1.29 is 18.7 Å². The number of carbonyl (C=O) groups is 1. The Morgan fingerprint density at radius 2 is 2.00 bits per heavy atom. The molecule has 7 nitrogen and oxygen atoms in total. The Hall–Kier alpha value is -3.46. The summed E-state index contributed by atoms with van der Waals surface area (Å²) in [5.74, 6) is 0.461. The van der Waals surface area contributed by atoms with Crippen molar-refractivity contribution in [1.82, 2.24) is 14.5 Å². The standard InChI is InChI=1S/C23H21FN4O3S/c1-15-21(31-18-8-3-2-7-17(18)30-15)22(29)28(12-5-11-27-13-10-25-14-27)23-26-20-16(24)6-4-9-19(20)32-23/h2-4,6-10,13-15,21H,5,11-12H2,1H3. The van der Waals surface area contributed by atoms with Crippen LogP contribution in [0.3, 0.4) is 0 Å². The molecule has 0 saturated heterocycles. The van der Waals surface area contributed by atoms with Gasteiger partial charge in [-0.1, -0.05) is 29.5 Å². The monoisotopic (exact) mass is 452 g/mol. The lowest BCUT2D eigenvalue weighted by Crippen LogP contribution is -2.51. The summed E-state index contributed by atoms with van der Waals surface area (Å²) in [5, 5.41) is 0.440. The van der Waals surface area contributed by atoms with Crippen LogP contribution in [0.1, 0.15) is 13.3 Å². The fraction of sp³-hybridized carbons (Fsp3) is 0.261. The van der Waals surface area contributed by atoms with Crippen molar-refractivity contribution in [2.75, 3.05) is 11.4 Å². The number of anilines is 1. The number of amides is 1. The zero-order valence-corrected chi connectivity index (χ0v) is 18.2. The Labute approximate surface area is 188 Å². The van der Waals surface area contributed by atoms with E-state index in [4.69, 9.17) is 9.47 Å². The Kier molecular flexibility index (Phi) is 5.48. The first kappa shape index (κ1) is 20.4. The molecule has 9 heteroatoms. The summed E-state index contributed by atoms with van der Waals surface area (Å²) in [6, 6.07) is 12.1. The summed E-state index contributed by atoms with van der Waals surface area (Å²) < 4.78 is 28.9. The van der Waals surface area contributed by atoms with Gasteiger partial charge in [0.15, 0.2) is 16.6 Å². The van der Waals surface area contributed by atoms with Gasteiger partial charge >= 0.3 is 0 Å². The number of ether oxygens (including phenoxy) is 2. The van der Waals surface area contributed by atoms with Gasteiger partial charge in [-0.15, -0.1) is 0 Å². The van der Waals surface area contributed by atoms with Gasteiger partial charge in [-0.3, -0.25) is 9.69 Å². The molecule has 4 aromatic rings. The first-order valence-electron chi connectivity index (χ1n) is 10.3. The van der Waals surface area contributed by atoms with Crippen LogP contribution in [0.15, 0.2) is 61.2 Å². The molecule has 32 heavy (non-hydrogen) atoms. The predicted molar refractivity (Wildman–Crippen MR) is 120 cm³/mol. The average molecular weight is 453 g/mol. The topological polar surface area (TPSA) is 69.5 Å². The maximum Gasteiger partial charge on any atom is 0.273 e. The van der Waals surface area contributed by atoms with Crippen molar-refractivity contribution in [3.8, 4) is 11.5 Å². The first-order valence-corrected chi connectivity index (χ1v) is 11.2. The van der Waals surface area contributed by atoms with E-state index in [0.717, 1.165) is 0 Å². The van der Waals surface area contributed by atoms with Crippen LogP contribution >= 0.6 is 11.3 Å². The van der Waals surface area contributed by atoms with Crippen LogP contribution in [-0.2, 0) is 11.3 Å². The Morgan fingerprint density at radius 1 is 1.19 bits per heavy atom. The largest absolute Gasteiger partial charge is 0.482 e.